The first-order valence-corrected chi connectivity index (χ1v) is 9.10. The van der Waals surface area contributed by atoms with Crippen molar-refractivity contribution in [1.82, 2.24) is 10.2 Å². The number of halogens is 2. The Labute approximate surface area is 159 Å². The summed E-state index contributed by atoms with van der Waals surface area (Å²) >= 11 is 12.4. The molecule has 1 saturated heterocycles. The van der Waals surface area contributed by atoms with Crippen LogP contribution in [0.3, 0.4) is 0 Å². The first kappa shape index (κ1) is 19.6. The van der Waals surface area contributed by atoms with E-state index in [9.17, 15) is 19.5 Å². The molecule has 0 spiro atoms. The second kappa shape index (κ2) is 8.60. The molecule has 25 heavy (non-hydrogen) atoms. The van der Waals surface area contributed by atoms with Crippen LogP contribution < -0.4 is 5.32 Å². The second-order valence-electron chi connectivity index (χ2n) is 5.30. The molecule has 1 aliphatic heterocycles. The molecule has 1 aromatic carbocycles. The fraction of sp³-hybridized carbons (Fsp3) is 0.312. The Hall–Kier alpha value is -1.70. The van der Waals surface area contributed by atoms with Crippen LogP contribution in [0.4, 0.5) is 4.79 Å². The van der Waals surface area contributed by atoms with Crippen molar-refractivity contribution in [1.29, 1.82) is 0 Å². The van der Waals surface area contributed by atoms with Gasteiger partial charge in [0.05, 0.1) is 15.0 Å². The Morgan fingerprint density at radius 1 is 1.32 bits per heavy atom. The summed E-state index contributed by atoms with van der Waals surface area (Å²) in [7, 11) is 0. The summed E-state index contributed by atoms with van der Waals surface area (Å²) in [6, 6.07) is 2.85. The highest BCUT2D eigenvalue weighted by atomic mass is 35.5. The monoisotopic (exact) mass is 402 g/mol. The number of phenols is 1. The smallest absolute Gasteiger partial charge is 0.294 e. The van der Waals surface area contributed by atoms with Crippen molar-refractivity contribution in [3.8, 4) is 5.75 Å². The van der Waals surface area contributed by atoms with Crippen molar-refractivity contribution in [2.75, 3.05) is 13.1 Å². The van der Waals surface area contributed by atoms with Gasteiger partial charge in [-0.3, -0.25) is 19.3 Å². The van der Waals surface area contributed by atoms with Crippen molar-refractivity contribution in [2.45, 2.75) is 19.8 Å². The summed E-state index contributed by atoms with van der Waals surface area (Å²) < 4.78 is 0. The van der Waals surface area contributed by atoms with Crippen molar-refractivity contribution in [2.24, 2.45) is 0 Å². The number of amides is 3. The molecule has 0 unspecified atom stereocenters. The van der Waals surface area contributed by atoms with E-state index < -0.39 is 11.1 Å². The Bertz CT molecular complexity index is 729. The molecule has 9 heteroatoms. The zero-order valence-electron chi connectivity index (χ0n) is 13.3. The number of phenolic OH excluding ortho intramolecular Hbond substituents is 1. The lowest BCUT2D eigenvalue weighted by atomic mass is 10.2. The van der Waals surface area contributed by atoms with E-state index in [1.54, 1.807) is 0 Å². The summed E-state index contributed by atoms with van der Waals surface area (Å²) in [5.41, 5.74) is 0.464. The maximum atomic E-state index is 12.3. The van der Waals surface area contributed by atoms with Gasteiger partial charge in [-0.1, -0.05) is 36.5 Å². The molecule has 2 N–H and O–H groups in total. The molecule has 1 aromatic rings. The highest BCUT2D eigenvalue weighted by molar-refractivity contribution is 8.18. The summed E-state index contributed by atoms with van der Waals surface area (Å²) in [5, 5.41) is 11.8. The zero-order valence-corrected chi connectivity index (χ0v) is 15.7. The normalized spacial score (nSPS) is 16.0. The number of nitrogens with one attached hydrogen (secondary N) is 1. The summed E-state index contributed by atoms with van der Waals surface area (Å²) in [6.45, 7) is 2.18. The molecular weight excluding hydrogens is 387 g/mol. The Kier molecular flexibility index (Phi) is 6.75. The lowest BCUT2D eigenvalue weighted by molar-refractivity contribution is -0.129. The number of carbonyl (C=O) groups is 3. The van der Waals surface area contributed by atoms with E-state index in [0.29, 0.717) is 12.1 Å². The van der Waals surface area contributed by atoms with Crippen molar-refractivity contribution in [3.05, 3.63) is 32.6 Å². The van der Waals surface area contributed by atoms with Gasteiger partial charge < -0.3 is 10.4 Å². The number of rotatable bonds is 6. The molecule has 1 aliphatic rings. The average molecular weight is 403 g/mol. The van der Waals surface area contributed by atoms with E-state index in [1.165, 1.54) is 18.2 Å². The van der Waals surface area contributed by atoms with Crippen LogP contribution in [0.1, 0.15) is 25.3 Å². The van der Waals surface area contributed by atoms with Gasteiger partial charge in [0.2, 0.25) is 5.91 Å². The van der Waals surface area contributed by atoms with Crippen LogP contribution in [0, 0.1) is 0 Å². The lowest BCUT2D eigenvalue weighted by Gasteiger charge is -2.12. The third-order valence-corrected chi connectivity index (χ3v) is 4.85. The molecule has 0 atom stereocenters. The maximum absolute atomic E-state index is 12.3. The second-order valence-corrected chi connectivity index (χ2v) is 7.11. The highest BCUT2D eigenvalue weighted by Gasteiger charge is 2.36. The van der Waals surface area contributed by atoms with Crippen molar-refractivity contribution < 1.29 is 19.5 Å². The van der Waals surface area contributed by atoms with Crippen LogP contribution in [0.5, 0.6) is 5.75 Å². The number of hydrogen-bond acceptors (Lipinski definition) is 5. The zero-order chi connectivity index (χ0) is 18.6. The number of aromatic hydroxyl groups is 1. The highest BCUT2D eigenvalue weighted by Crippen LogP contribution is 2.36. The third kappa shape index (κ3) is 4.90. The molecule has 1 fully saturated rings. The van der Waals surface area contributed by atoms with Gasteiger partial charge in [-0.15, -0.1) is 0 Å². The maximum Gasteiger partial charge on any atom is 0.294 e. The van der Waals surface area contributed by atoms with Gasteiger partial charge >= 0.3 is 0 Å². The number of nitrogens with zero attached hydrogens (tertiary/aromatic N) is 1. The van der Waals surface area contributed by atoms with Gasteiger partial charge in [-0.2, -0.15) is 0 Å². The average Bonchev–Trinajstić information content (AvgIpc) is 2.80. The van der Waals surface area contributed by atoms with E-state index in [-0.39, 0.29) is 33.2 Å². The van der Waals surface area contributed by atoms with Gasteiger partial charge in [0, 0.05) is 6.54 Å². The molecule has 0 bridgehead atoms. The molecule has 0 aromatic heterocycles. The van der Waals surface area contributed by atoms with Crippen molar-refractivity contribution >= 4 is 58.1 Å². The SMILES string of the molecule is CCCCNC(=O)CN1C(=O)S/C(=C\c2cc(Cl)c(O)c(Cl)c2)C1=O. The van der Waals surface area contributed by atoms with Crippen LogP contribution in [0.2, 0.25) is 10.0 Å². The summed E-state index contributed by atoms with van der Waals surface area (Å²) in [4.78, 5) is 37.2. The molecule has 1 heterocycles. The number of imide groups is 1. The number of unbranched alkanes of at least 4 members (excludes halogenated alkanes) is 1. The van der Waals surface area contributed by atoms with Crippen LogP contribution in [0.15, 0.2) is 17.0 Å². The Morgan fingerprint density at radius 3 is 2.56 bits per heavy atom. The molecule has 3 amide bonds. The number of carbonyl (C=O) groups excluding carboxylic acids is 3. The van der Waals surface area contributed by atoms with E-state index in [1.807, 2.05) is 6.92 Å². The van der Waals surface area contributed by atoms with Gasteiger partial charge in [0.1, 0.15) is 6.54 Å². The van der Waals surface area contributed by atoms with E-state index in [2.05, 4.69) is 5.32 Å². The van der Waals surface area contributed by atoms with Crippen LogP contribution >= 0.6 is 35.0 Å². The topological polar surface area (TPSA) is 86.7 Å². The molecule has 134 valence electrons. The molecule has 0 aliphatic carbocycles. The fourth-order valence-electron chi connectivity index (χ4n) is 2.06. The van der Waals surface area contributed by atoms with Gasteiger partial charge in [0.25, 0.3) is 11.1 Å². The van der Waals surface area contributed by atoms with Gasteiger partial charge in [-0.05, 0) is 42.0 Å². The van der Waals surface area contributed by atoms with Crippen molar-refractivity contribution in [3.63, 3.8) is 0 Å². The molecule has 6 nitrogen and oxygen atoms in total. The fourth-order valence-corrected chi connectivity index (χ4v) is 3.40. The van der Waals surface area contributed by atoms with Crippen LogP contribution in [-0.4, -0.2) is 40.1 Å². The molecule has 2 rings (SSSR count). The number of hydrogen-bond donors (Lipinski definition) is 2. The molecular formula is C16H16Cl2N2O4S. The Balaban J connectivity index is 2.11. The Morgan fingerprint density at radius 2 is 1.96 bits per heavy atom. The first-order chi connectivity index (χ1) is 11.8. The molecule has 0 saturated carbocycles. The predicted molar refractivity (Wildman–Crippen MR) is 98.7 cm³/mol. The minimum Gasteiger partial charge on any atom is -0.505 e. The summed E-state index contributed by atoms with van der Waals surface area (Å²) in [6.07, 6.45) is 3.20. The summed E-state index contributed by atoms with van der Waals surface area (Å²) in [5.74, 6) is -1.19. The standard InChI is InChI=1S/C16H16Cl2N2O4S/c1-2-3-4-19-13(21)8-20-15(23)12(25-16(20)24)7-9-5-10(17)14(22)11(18)6-9/h5-7,22H,2-4,8H2,1H3,(H,19,21)/b12-7-. The van der Waals surface area contributed by atoms with E-state index in [4.69, 9.17) is 23.2 Å². The number of benzene rings is 1. The van der Waals surface area contributed by atoms with E-state index in [0.717, 1.165) is 29.5 Å². The minimum atomic E-state index is -0.555. The number of thioether (sulfide) groups is 1. The largest absolute Gasteiger partial charge is 0.505 e. The predicted octanol–water partition coefficient (Wildman–Crippen LogP) is 3.65. The van der Waals surface area contributed by atoms with E-state index >= 15 is 0 Å². The van der Waals surface area contributed by atoms with Crippen LogP contribution in [-0.2, 0) is 9.59 Å². The van der Waals surface area contributed by atoms with Gasteiger partial charge in [-0.25, -0.2) is 0 Å². The minimum absolute atomic E-state index is 0.0354. The third-order valence-electron chi connectivity index (χ3n) is 3.36. The lowest BCUT2D eigenvalue weighted by Crippen LogP contribution is -2.39. The first-order valence-electron chi connectivity index (χ1n) is 7.53. The van der Waals surface area contributed by atoms with Gasteiger partial charge in [0.15, 0.2) is 5.75 Å². The van der Waals surface area contributed by atoms with Crippen LogP contribution in [0.25, 0.3) is 6.08 Å². The molecule has 0 radical (unpaired) electrons. The quantitative estimate of drug-likeness (QED) is 0.559.